The average Bonchev–Trinajstić information content (AvgIpc) is 3.27. The molecule has 0 saturated carbocycles. The second-order valence-corrected chi connectivity index (χ2v) is 8.37. The molecule has 150 valence electrons. The van der Waals surface area contributed by atoms with Crippen LogP contribution < -0.4 is 10.5 Å². The van der Waals surface area contributed by atoms with Crippen LogP contribution in [0.5, 0.6) is 0 Å². The summed E-state index contributed by atoms with van der Waals surface area (Å²) >= 11 is 14.0. The number of piperazine rings is 1. The predicted octanol–water partition coefficient (Wildman–Crippen LogP) is 3.63. The molecule has 3 heterocycles. The molecule has 0 aliphatic carbocycles. The molecule has 1 aromatic carbocycles. The van der Waals surface area contributed by atoms with Gasteiger partial charge in [0.1, 0.15) is 12.2 Å². The van der Waals surface area contributed by atoms with Gasteiger partial charge < -0.3 is 9.80 Å². The van der Waals surface area contributed by atoms with Gasteiger partial charge in [0.25, 0.3) is 5.56 Å². The van der Waals surface area contributed by atoms with E-state index in [0.29, 0.717) is 41.9 Å². The first-order valence-electron chi connectivity index (χ1n) is 9.12. The molecule has 6 nitrogen and oxygen atoms in total. The Morgan fingerprint density at radius 2 is 1.83 bits per heavy atom. The molecule has 0 spiro atoms. The summed E-state index contributed by atoms with van der Waals surface area (Å²) < 4.78 is 1.23. The summed E-state index contributed by atoms with van der Waals surface area (Å²) in [5, 5.41) is 7.34. The van der Waals surface area contributed by atoms with Crippen LogP contribution in [0.4, 0.5) is 5.69 Å². The van der Waals surface area contributed by atoms with E-state index in [-0.39, 0.29) is 18.0 Å². The van der Waals surface area contributed by atoms with Crippen molar-refractivity contribution in [3.05, 3.63) is 68.2 Å². The monoisotopic (exact) mass is 448 g/mol. The van der Waals surface area contributed by atoms with E-state index < -0.39 is 0 Å². The van der Waals surface area contributed by atoms with E-state index in [1.165, 1.54) is 22.1 Å². The Balaban J connectivity index is 1.42. The summed E-state index contributed by atoms with van der Waals surface area (Å²) in [6, 6.07) is 12.5. The van der Waals surface area contributed by atoms with Crippen LogP contribution in [-0.2, 0) is 11.3 Å². The van der Waals surface area contributed by atoms with E-state index in [4.69, 9.17) is 23.2 Å². The number of rotatable bonds is 4. The first-order chi connectivity index (χ1) is 14.0. The van der Waals surface area contributed by atoms with Crippen LogP contribution in [0.2, 0.25) is 10.0 Å². The Morgan fingerprint density at radius 1 is 1.03 bits per heavy atom. The van der Waals surface area contributed by atoms with Crippen LogP contribution in [0.3, 0.4) is 0 Å². The summed E-state index contributed by atoms with van der Waals surface area (Å²) in [4.78, 5) is 29.7. The molecule has 9 heteroatoms. The predicted molar refractivity (Wildman–Crippen MR) is 117 cm³/mol. The number of nitrogens with zero attached hydrogens (tertiary/aromatic N) is 4. The van der Waals surface area contributed by atoms with Crippen LogP contribution in [0, 0.1) is 0 Å². The molecular formula is C20H18Cl2N4O2S. The summed E-state index contributed by atoms with van der Waals surface area (Å²) in [6.45, 7) is 2.30. The Labute approximate surface area is 181 Å². The Hall–Kier alpha value is -2.35. The van der Waals surface area contributed by atoms with Crippen molar-refractivity contribution >= 4 is 46.1 Å². The number of hydrogen-bond acceptors (Lipinski definition) is 5. The topological polar surface area (TPSA) is 58.4 Å². The average molecular weight is 449 g/mol. The van der Waals surface area contributed by atoms with E-state index in [2.05, 4.69) is 10.00 Å². The van der Waals surface area contributed by atoms with Gasteiger partial charge in [-0.1, -0.05) is 35.3 Å². The van der Waals surface area contributed by atoms with Crippen LogP contribution in [-0.4, -0.2) is 46.8 Å². The highest BCUT2D eigenvalue weighted by Gasteiger charge is 2.23. The lowest BCUT2D eigenvalue weighted by Crippen LogP contribution is -2.50. The molecule has 1 aliphatic heterocycles. The molecule has 4 rings (SSSR count). The van der Waals surface area contributed by atoms with Gasteiger partial charge in [-0.15, -0.1) is 11.3 Å². The van der Waals surface area contributed by atoms with Gasteiger partial charge in [0.2, 0.25) is 5.91 Å². The molecule has 2 aromatic heterocycles. The minimum atomic E-state index is -0.289. The Morgan fingerprint density at radius 3 is 2.55 bits per heavy atom. The first-order valence-corrected chi connectivity index (χ1v) is 10.8. The van der Waals surface area contributed by atoms with Crippen LogP contribution in [0.15, 0.2) is 52.6 Å². The lowest BCUT2D eigenvalue weighted by Gasteiger charge is -2.36. The second kappa shape index (κ2) is 8.57. The van der Waals surface area contributed by atoms with Crippen LogP contribution in [0.1, 0.15) is 0 Å². The van der Waals surface area contributed by atoms with Crippen molar-refractivity contribution in [1.29, 1.82) is 0 Å². The minimum Gasteiger partial charge on any atom is -0.367 e. The highest BCUT2D eigenvalue weighted by molar-refractivity contribution is 7.13. The Bertz CT molecular complexity index is 1080. The highest BCUT2D eigenvalue weighted by atomic mass is 35.5. The van der Waals surface area contributed by atoms with E-state index in [1.807, 2.05) is 29.6 Å². The number of hydrogen-bond donors (Lipinski definition) is 0. The molecule has 1 fully saturated rings. The SMILES string of the molecule is O=C(Cn1nc(-c2cccs2)ccc1=O)N1CCN(c2cccc(Cl)c2Cl)CC1. The van der Waals surface area contributed by atoms with Gasteiger partial charge in [-0.25, -0.2) is 4.68 Å². The van der Waals surface area contributed by atoms with E-state index in [9.17, 15) is 9.59 Å². The third-order valence-corrected chi connectivity index (χ3v) is 6.53. The fourth-order valence-corrected chi connectivity index (χ4v) is 4.38. The number of anilines is 1. The quantitative estimate of drug-likeness (QED) is 0.611. The normalized spacial score (nSPS) is 14.3. The number of carbonyl (C=O) groups is 1. The lowest BCUT2D eigenvalue weighted by atomic mass is 10.2. The Kier molecular flexibility index (Phi) is 5.89. The second-order valence-electron chi connectivity index (χ2n) is 6.63. The lowest BCUT2D eigenvalue weighted by molar-refractivity contribution is -0.132. The number of thiophene rings is 1. The largest absolute Gasteiger partial charge is 0.367 e. The molecule has 3 aromatic rings. The fraction of sp³-hybridized carbons (Fsp3) is 0.250. The maximum Gasteiger partial charge on any atom is 0.267 e. The zero-order chi connectivity index (χ0) is 20.4. The molecule has 0 bridgehead atoms. The summed E-state index contributed by atoms with van der Waals surface area (Å²) in [5.74, 6) is -0.125. The number of amides is 1. The van der Waals surface area contributed by atoms with Crippen LogP contribution >= 0.6 is 34.5 Å². The van der Waals surface area contributed by atoms with Crippen molar-refractivity contribution in [2.24, 2.45) is 0 Å². The molecule has 0 unspecified atom stereocenters. The maximum absolute atomic E-state index is 12.7. The maximum atomic E-state index is 12.7. The summed E-state index contributed by atoms with van der Waals surface area (Å²) in [6.07, 6.45) is 0. The van der Waals surface area contributed by atoms with E-state index >= 15 is 0 Å². The number of carbonyl (C=O) groups excluding carboxylic acids is 1. The van der Waals surface area contributed by atoms with E-state index in [0.717, 1.165) is 10.6 Å². The van der Waals surface area contributed by atoms with Gasteiger partial charge in [0, 0.05) is 32.2 Å². The minimum absolute atomic E-state index is 0.0734. The summed E-state index contributed by atoms with van der Waals surface area (Å²) in [5.41, 5.74) is 1.27. The van der Waals surface area contributed by atoms with Crippen molar-refractivity contribution in [2.75, 3.05) is 31.1 Å². The van der Waals surface area contributed by atoms with Gasteiger partial charge in [-0.2, -0.15) is 5.10 Å². The highest BCUT2D eigenvalue weighted by Crippen LogP contribution is 2.32. The zero-order valence-corrected chi connectivity index (χ0v) is 17.8. The molecule has 1 saturated heterocycles. The fourth-order valence-electron chi connectivity index (χ4n) is 3.28. The molecular weight excluding hydrogens is 431 g/mol. The van der Waals surface area contributed by atoms with Crippen molar-refractivity contribution in [3.8, 4) is 10.6 Å². The van der Waals surface area contributed by atoms with Gasteiger partial charge in [0.05, 0.1) is 20.6 Å². The molecule has 0 atom stereocenters. The third-order valence-electron chi connectivity index (χ3n) is 4.83. The standard InChI is InChI=1S/C20H18Cl2N4O2S/c21-14-3-1-4-16(20(14)22)24-8-10-25(11-9-24)19(28)13-26-18(27)7-6-15(23-26)17-5-2-12-29-17/h1-7,12H,8-11,13H2. The van der Waals surface area contributed by atoms with Gasteiger partial charge >= 0.3 is 0 Å². The molecule has 1 amide bonds. The molecule has 0 radical (unpaired) electrons. The van der Waals surface area contributed by atoms with Crippen molar-refractivity contribution in [2.45, 2.75) is 6.54 Å². The number of aromatic nitrogens is 2. The number of benzene rings is 1. The van der Waals surface area contributed by atoms with E-state index in [1.54, 1.807) is 17.0 Å². The van der Waals surface area contributed by atoms with Gasteiger partial charge in [-0.05, 0) is 29.6 Å². The molecule has 29 heavy (non-hydrogen) atoms. The van der Waals surface area contributed by atoms with Crippen molar-refractivity contribution < 1.29 is 4.79 Å². The zero-order valence-electron chi connectivity index (χ0n) is 15.4. The van der Waals surface area contributed by atoms with Crippen LogP contribution in [0.25, 0.3) is 10.6 Å². The summed E-state index contributed by atoms with van der Waals surface area (Å²) in [7, 11) is 0. The smallest absolute Gasteiger partial charge is 0.267 e. The molecule has 0 N–H and O–H groups in total. The first kappa shape index (κ1) is 19.9. The van der Waals surface area contributed by atoms with Gasteiger partial charge in [0.15, 0.2) is 0 Å². The third kappa shape index (κ3) is 4.32. The van der Waals surface area contributed by atoms with Crippen molar-refractivity contribution in [3.63, 3.8) is 0 Å². The van der Waals surface area contributed by atoms with Crippen molar-refractivity contribution in [1.82, 2.24) is 14.7 Å². The van der Waals surface area contributed by atoms with Gasteiger partial charge in [-0.3, -0.25) is 9.59 Å². The number of halogens is 2. The molecule has 1 aliphatic rings.